The molecule has 1 aromatic carbocycles. The minimum atomic E-state index is -0.378. The second kappa shape index (κ2) is 5.30. The van der Waals surface area contributed by atoms with Crippen molar-refractivity contribution in [3.8, 4) is 0 Å². The summed E-state index contributed by atoms with van der Waals surface area (Å²) < 4.78 is 5.75. The molecule has 2 aromatic heterocycles. The number of fused-ring (bicyclic) bond motifs is 5. The Labute approximate surface area is 139 Å². The molecule has 1 atom stereocenters. The third-order valence-corrected chi connectivity index (χ3v) is 5.01. The molecule has 2 aliphatic rings. The largest absolute Gasteiger partial charge is 0.389 e. The molecule has 5 rings (SSSR count). The van der Waals surface area contributed by atoms with Crippen molar-refractivity contribution in [3.63, 3.8) is 0 Å². The van der Waals surface area contributed by atoms with Gasteiger partial charge in [0.2, 0.25) is 0 Å². The van der Waals surface area contributed by atoms with E-state index in [4.69, 9.17) is 4.74 Å². The molecule has 1 aliphatic carbocycles. The highest BCUT2D eigenvalue weighted by molar-refractivity contribution is 6.08. The van der Waals surface area contributed by atoms with Crippen LogP contribution < -0.4 is 0 Å². The number of nitrogens with one attached hydrogen (secondary N) is 1. The first kappa shape index (κ1) is 14.0. The zero-order chi connectivity index (χ0) is 16.1. The van der Waals surface area contributed by atoms with Gasteiger partial charge in [-0.2, -0.15) is 0 Å². The Morgan fingerprint density at radius 1 is 1.21 bits per heavy atom. The highest BCUT2D eigenvalue weighted by atomic mass is 16.5. The SMILES string of the molecule is OC1C=CC(c2[nH]c3ccc4nccc4c3c3c2COCC3)=CC1. The first-order valence-electron chi connectivity index (χ1n) is 8.37. The van der Waals surface area contributed by atoms with E-state index in [1.165, 1.54) is 21.9 Å². The summed E-state index contributed by atoms with van der Waals surface area (Å²) in [4.78, 5) is 8.06. The molecule has 4 heteroatoms. The quantitative estimate of drug-likeness (QED) is 0.722. The fourth-order valence-electron chi connectivity index (χ4n) is 3.85. The number of aromatic nitrogens is 2. The van der Waals surface area contributed by atoms with Crippen LogP contribution >= 0.6 is 0 Å². The van der Waals surface area contributed by atoms with Gasteiger partial charge in [0.15, 0.2) is 0 Å². The van der Waals surface area contributed by atoms with Gasteiger partial charge in [-0.15, -0.1) is 0 Å². The Hall–Kier alpha value is -2.43. The molecule has 0 saturated heterocycles. The zero-order valence-electron chi connectivity index (χ0n) is 13.2. The van der Waals surface area contributed by atoms with Crippen molar-refractivity contribution in [2.45, 2.75) is 25.6 Å². The van der Waals surface area contributed by atoms with E-state index in [2.05, 4.69) is 34.2 Å². The third kappa shape index (κ3) is 2.04. The number of aliphatic hydroxyl groups is 1. The van der Waals surface area contributed by atoms with Crippen LogP contribution in [0.1, 0.15) is 23.2 Å². The van der Waals surface area contributed by atoms with Gasteiger partial charge in [-0.05, 0) is 42.2 Å². The van der Waals surface area contributed by atoms with Gasteiger partial charge in [0, 0.05) is 28.0 Å². The number of rotatable bonds is 1. The minimum absolute atomic E-state index is 0.378. The van der Waals surface area contributed by atoms with Gasteiger partial charge in [-0.3, -0.25) is 4.98 Å². The van der Waals surface area contributed by atoms with Crippen molar-refractivity contribution in [2.75, 3.05) is 6.61 Å². The summed E-state index contributed by atoms with van der Waals surface area (Å²) in [6.45, 7) is 1.37. The molecule has 0 fully saturated rings. The predicted octanol–water partition coefficient (Wildman–Crippen LogP) is 3.49. The number of nitrogens with zero attached hydrogens (tertiary/aromatic N) is 1. The van der Waals surface area contributed by atoms with Gasteiger partial charge in [-0.25, -0.2) is 0 Å². The van der Waals surface area contributed by atoms with Gasteiger partial charge >= 0.3 is 0 Å². The number of aliphatic hydroxyl groups excluding tert-OH is 1. The molecular formula is C20H18N2O2. The van der Waals surface area contributed by atoms with Crippen molar-refractivity contribution in [1.82, 2.24) is 9.97 Å². The average Bonchev–Trinajstić information content (AvgIpc) is 3.10. The van der Waals surface area contributed by atoms with Gasteiger partial charge in [0.1, 0.15) is 0 Å². The van der Waals surface area contributed by atoms with Crippen LogP contribution in [0.4, 0.5) is 0 Å². The van der Waals surface area contributed by atoms with Crippen molar-refractivity contribution in [1.29, 1.82) is 0 Å². The first-order valence-corrected chi connectivity index (χ1v) is 8.37. The van der Waals surface area contributed by atoms with Crippen LogP contribution in [-0.2, 0) is 17.8 Å². The Morgan fingerprint density at radius 3 is 3.04 bits per heavy atom. The monoisotopic (exact) mass is 318 g/mol. The van der Waals surface area contributed by atoms with Crippen LogP contribution in [0.15, 0.2) is 42.6 Å². The molecule has 1 aliphatic heterocycles. The number of pyridine rings is 1. The number of ether oxygens (including phenoxy) is 1. The molecule has 24 heavy (non-hydrogen) atoms. The predicted molar refractivity (Wildman–Crippen MR) is 94.7 cm³/mol. The lowest BCUT2D eigenvalue weighted by Crippen LogP contribution is -2.15. The summed E-state index contributed by atoms with van der Waals surface area (Å²) in [7, 11) is 0. The van der Waals surface area contributed by atoms with E-state index in [0.717, 1.165) is 35.3 Å². The summed E-state index contributed by atoms with van der Waals surface area (Å²) in [6, 6.07) is 6.28. The standard InChI is InChI=1S/C20H18N2O2/c23-13-3-1-12(2-4-13)20-16-11-24-10-8-14(16)19-15-7-9-21-17(15)5-6-18(19)22-20/h1-3,5-7,9,13,22-23H,4,8,10-11H2. The molecule has 0 radical (unpaired) electrons. The summed E-state index contributed by atoms with van der Waals surface area (Å²) >= 11 is 0. The number of benzene rings is 1. The molecule has 2 N–H and O–H groups in total. The summed E-state index contributed by atoms with van der Waals surface area (Å²) in [5.74, 6) is 0. The van der Waals surface area contributed by atoms with E-state index in [-0.39, 0.29) is 6.10 Å². The van der Waals surface area contributed by atoms with Crippen LogP contribution in [0.5, 0.6) is 0 Å². The Balaban J connectivity index is 1.83. The number of H-pyrrole nitrogens is 1. The maximum Gasteiger partial charge on any atom is 0.0758 e. The van der Waals surface area contributed by atoms with Crippen LogP contribution in [0, 0.1) is 0 Å². The second-order valence-electron chi connectivity index (χ2n) is 6.45. The number of aromatic amines is 1. The number of hydrogen-bond donors (Lipinski definition) is 2. The Kier molecular flexibility index (Phi) is 3.08. The lowest BCUT2D eigenvalue weighted by molar-refractivity contribution is 0.111. The topological polar surface area (TPSA) is 58.1 Å². The van der Waals surface area contributed by atoms with Crippen LogP contribution in [0.25, 0.3) is 27.4 Å². The molecule has 0 saturated carbocycles. The maximum atomic E-state index is 9.71. The molecule has 3 heterocycles. The molecular weight excluding hydrogens is 300 g/mol. The van der Waals surface area contributed by atoms with Gasteiger partial charge in [0.25, 0.3) is 0 Å². The molecule has 0 amide bonds. The molecule has 4 nitrogen and oxygen atoms in total. The van der Waals surface area contributed by atoms with Crippen molar-refractivity contribution in [2.24, 2.45) is 0 Å². The van der Waals surface area contributed by atoms with E-state index >= 15 is 0 Å². The van der Waals surface area contributed by atoms with E-state index in [1.54, 1.807) is 0 Å². The summed E-state index contributed by atoms with van der Waals surface area (Å²) in [5, 5.41) is 12.2. The van der Waals surface area contributed by atoms with Crippen LogP contribution in [0.2, 0.25) is 0 Å². The number of allylic oxidation sites excluding steroid dienone is 2. The van der Waals surface area contributed by atoms with E-state index in [9.17, 15) is 5.11 Å². The normalized spacial score (nSPS) is 20.4. The fraction of sp³-hybridized carbons (Fsp3) is 0.250. The maximum absolute atomic E-state index is 9.71. The molecule has 3 aromatic rings. The summed E-state index contributed by atoms with van der Waals surface area (Å²) in [6.07, 6.45) is 9.02. The number of hydrogen-bond acceptors (Lipinski definition) is 3. The smallest absolute Gasteiger partial charge is 0.0758 e. The van der Waals surface area contributed by atoms with E-state index in [1.807, 2.05) is 18.3 Å². The van der Waals surface area contributed by atoms with Crippen LogP contribution in [0.3, 0.4) is 0 Å². The van der Waals surface area contributed by atoms with Crippen molar-refractivity contribution >= 4 is 27.4 Å². The van der Waals surface area contributed by atoms with E-state index < -0.39 is 0 Å². The Morgan fingerprint density at radius 2 is 2.17 bits per heavy atom. The minimum Gasteiger partial charge on any atom is -0.389 e. The van der Waals surface area contributed by atoms with Gasteiger partial charge in [0.05, 0.1) is 30.5 Å². The second-order valence-corrected chi connectivity index (χ2v) is 6.45. The fourth-order valence-corrected chi connectivity index (χ4v) is 3.85. The lowest BCUT2D eigenvalue weighted by Gasteiger charge is -2.24. The Bertz CT molecular complexity index is 1010. The molecule has 1 unspecified atom stereocenters. The van der Waals surface area contributed by atoms with Crippen LogP contribution in [-0.4, -0.2) is 27.8 Å². The molecule has 120 valence electrons. The third-order valence-electron chi connectivity index (χ3n) is 5.01. The highest BCUT2D eigenvalue weighted by Crippen LogP contribution is 2.36. The lowest BCUT2D eigenvalue weighted by atomic mass is 9.91. The average molecular weight is 318 g/mol. The van der Waals surface area contributed by atoms with Crippen molar-refractivity contribution in [3.05, 3.63) is 59.4 Å². The van der Waals surface area contributed by atoms with E-state index in [0.29, 0.717) is 13.0 Å². The van der Waals surface area contributed by atoms with Gasteiger partial charge in [-0.1, -0.05) is 18.2 Å². The summed E-state index contributed by atoms with van der Waals surface area (Å²) in [5.41, 5.74) is 7.01. The highest BCUT2D eigenvalue weighted by Gasteiger charge is 2.21. The first-order chi connectivity index (χ1) is 11.8. The van der Waals surface area contributed by atoms with Crippen molar-refractivity contribution < 1.29 is 9.84 Å². The molecule has 0 bridgehead atoms. The zero-order valence-corrected chi connectivity index (χ0v) is 13.2. The molecule has 0 spiro atoms. The van der Waals surface area contributed by atoms with Gasteiger partial charge < -0.3 is 14.8 Å².